The molecule has 0 saturated heterocycles. The summed E-state index contributed by atoms with van der Waals surface area (Å²) in [5.41, 5.74) is 8.97. The molecule has 320 valence electrons. The maximum absolute atomic E-state index is 11.6. The molecule has 0 aromatic heterocycles. The minimum Gasteiger partial charge on any atom is -0.345 e. The summed E-state index contributed by atoms with van der Waals surface area (Å²) < 4.78 is 67.3. The predicted molar refractivity (Wildman–Crippen MR) is 256 cm³/mol. The van der Waals surface area contributed by atoms with Gasteiger partial charge in [0.2, 0.25) is 5.69 Å². The summed E-state index contributed by atoms with van der Waals surface area (Å²) in [5.74, 6) is -0.536. The van der Waals surface area contributed by atoms with Gasteiger partial charge < -0.3 is 4.90 Å². The highest BCUT2D eigenvalue weighted by Gasteiger charge is 2.21. The van der Waals surface area contributed by atoms with Crippen LogP contribution < -0.4 is 4.90 Å². The van der Waals surface area contributed by atoms with Crippen LogP contribution in [0.25, 0.3) is 21.5 Å². The smallest absolute Gasteiger partial charge is 0.264 e. The van der Waals surface area contributed by atoms with Crippen molar-refractivity contribution in [3.63, 3.8) is 0 Å². The highest BCUT2D eigenvalue weighted by molar-refractivity contribution is 8.03. The zero-order chi connectivity index (χ0) is 43.6. The Morgan fingerprint density at radius 2 is 1.33 bits per heavy atom. The molecule has 1 aliphatic rings. The summed E-state index contributed by atoms with van der Waals surface area (Å²) in [7, 11) is -8.09. The Labute approximate surface area is 366 Å². The van der Waals surface area contributed by atoms with Gasteiger partial charge in [0.05, 0.1) is 11.5 Å². The van der Waals surface area contributed by atoms with Crippen LogP contribution in [-0.2, 0) is 20.2 Å². The molecule has 0 amide bonds. The number of allylic oxidation sites excluding steroid dienone is 7. The van der Waals surface area contributed by atoms with Crippen LogP contribution in [0.1, 0.15) is 69.9 Å². The van der Waals surface area contributed by atoms with E-state index in [0.29, 0.717) is 38.8 Å². The molecular formula is C50H57N2O6S3+. The largest absolute Gasteiger partial charge is 0.345 e. The molecule has 0 aliphatic heterocycles. The monoisotopic (exact) mass is 877 g/mol. The summed E-state index contributed by atoms with van der Waals surface area (Å²) in [6, 6.07) is 35.6. The Hall–Kier alpha value is -4.78. The molecule has 5 aromatic carbocycles. The van der Waals surface area contributed by atoms with Gasteiger partial charge in [0.15, 0.2) is 5.71 Å². The lowest BCUT2D eigenvalue weighted by Gasteiger charge is -2.28. The second kappa shape index (κ2) is 20.9. The highest BCUT2D eigenvalue weighted by Crippen LogP contribution is 2.42. The Balaban J connectivity index is 1.39. The standard InChI is InChI=1S/C50H56N2O6S3/c1-37(51(33-12-14-35-60(53,54)55)48-31-29-41-17-8-10-23-46(41)39(48)3)25-27-43-19-16-20-44(50(43)59-45-21-6-5-7-22-45)28-26-38(2)52(34-13-15-36-61(56,57)58)49-32-30-42-18-9-11-24-47(42)40(49)4/h5-11,17-18,21-32H,12-16,19-20,33-36H2,1-4H3,(H-,53,54,55,56,57,58)/p+1. The number of fused-ring (bicyclic) bond motifs is 2. The van der Waals surface area contributed by atoms with Crippen molar-refractivity contribution in [2.75, 3.05) is 29.5 Å². The van der Waals surface area contributed by atoms with Crippen molar-refractivity contribution in [3.8, 4) is 0 Å². The van der Waals surface area contributed by atoms with Gasteiger partial charge in [-0.2, -0.15) is 21.4 Å². The summed E-state index contributed by atoms with van der Waals surface area (Å²) >= 11 is 1.77. The van der Waals surface area contributed by atoms with E-state index in [1.807, 2.05) is 30.3 Å². The Bertz CT molecular complexity index is 2750. The number of aryl methyl sites for hydroxylation is 2. The van der Waals surface area contributed by atoms with Gasteiger partial charge in [0, 0.05) is 58.8 Å². The number of anilines is 1. The fourth-order valence-electron chi connectivity index (χ4n) is 8.08. The number of hydrogen-bond acceptors (Lipinski definition) is 6. The van der Waals surface area contributed by atoms with E-state index in [1.165, 1.54) is 26.8 Å². The van der Waals surface area contributed by atoms with Crippen LogP contribution >= 0.6 is 11.8 Å². The summed E-state index contributed by atoms with van der Waals surface area (Å²) in [6.45, 7) is 9.65. The average Bonchev–Trinajstić information content (AvgIpc) is 3.23. The van der Waals surface area contributed by atoms with E-state index in [0.717, 1.165) is 68.8 Å². The van der Waals surface area contributed by atoms with Crippen molar-refractivity contribution in [2.45, 2.75) is 77.5 Å². The fourth-order valence-corrected chi connectivity index (χ4v) is 10.3. The van der Waals surface area contributed by atoms with Gasteiger partial charge in [-0.3, -0.25) is 9.11 Å². The van der Waals surface area contributed by atoms with Gasteiger partial charge in [-0.05, 0) is 128 Å². The van der Waals surface area contributed by atoms with Gasteiger partial charge in [-0.25, -0.2) is 0 Å². The number of benzene rings is 5. The van der Waals surface area contributed by atoms with Gasteiger partial charge >= 0.3 is 0 Å². The van der Waals surface area contributed by atoms with Crippen LogP contribution in [-0.4, -0.2) is 60.8 Å². The molecule has 0 heterocycles. The maximum atomic E-state index is 11.6. The van der Waals surface area contributed by atoms with Gasteiger partial charge in [0.25, 0.3) is 20.2 Å². The third kappa shape index (κ3) is 12.6. The van der Waals surface area contributed by atoms with E-state index < -0.39 is 20.2 Å². The van der Waals surface area contributed by atoms with Crippen LogP contribution in [0.3, 0.4) is 0 Å². The van der Waals surface area contributed by atoms with Crippen LogP contribution in [0.5, 0.6) is 0 Å². The lowest BCUT2D eigenvalue weighted by Crippen LogP contribution is -2.24. The molecule has 0 saturated carbocycles. The van der Waals surface area contributed by atoms with Gasteiger partial charge in [-0.15, -0.1) is 0 Å². The number of hydrogen-bond donors (Lipinski definition) is 2. The van der Waals surface area contributed by atoms with E-state index in [2.05, 4.69) is 134 Å². The van der Waals surface area contributed by atoms with E-state index in [4.69, 9.17) is 0 Å². The Morgan fingerprint density at radius 3 is 2.00 bits per heavy atom. The lowest BCUT2D eigenvalue weighted by molar-refractivity contribution is -0.441. The summed E-state index contributed by atoms with van der Waals surface area (Å²) in [6.07, 6.45) is 13.5. The highest BCUT2D eigenvalue weighted by atomic mass is 32.2. The van der Waals surface area contributed by atoms with Crippen molar-refractivity contribution in [3.05, 3.63) is 160 Å². The third-order valence-corrected chi connectivity index (χ3v) is 14.2. The molecule has 0 fully saturated rings. The molecule has 2 N–H and O–H groups in total. The van der Waals surface area contributed by atoms with E-state index >= 15 is 0 Å². The zero-order valence-corrected chi connectivity index (χ0v) is 38.0. The molecule has 0 spiro atoms. The zero-order valence-electron chi connectivity index (χ0n) is 35.5. The molecule has 1 aliphatic carbocycles. The normalized spacial score (nSPS) is 15.3. The van der Waals surface area contributed by atoms with Crippen LogP contribution in [0, 0.1) is 13.8 Å². The number of rotatable bonds is 18. The number of nitrogens with zero attached hydrogens (tertiary/aromatic N) is 2. The van der Waals surface area contributed by atoms with Crippen LogP contribution in [0.4, 0.5) is 11.4 Å². The minimum atomic E-state index is -4.04. The van der Waals surface area contributed by atoms with Gasteiger partial charge in [-0.1, -0.05) is 96.7 Å². The minimum absolute atomic E-state index is 0.268. The Morgan fingerprint density at radius 1 is 0.721 bits per heavy atom. The average molecular weight is 878 g/mol. The molecule has 6 rings (SSSR count). The molecule has 11 heteroatoms. The van der Waals surface area contributed by atoms with E-state index in [9.17, 15) is 25.9 Å². The first kappa shape index (κ1) is 45.7. The number of thioether (sulfide) groups is 1. The SMILES string of the molecule is CC(/C=C/C1=C(Sc2ccccc2)C(=C/C=C(\C)N(CCCCS(=O)(=O)O)c2ccc3ccccc3c2C)/CCC1)=[N+](CCCCS(=O)(=O)O)c1ccc2ccccc2c1C. The molecule has 0 radical (unpaired) electrons. The summed E-state index contributed by atoms with van der Waals surface area (Å²) in [5, 5.41) is 4.66. The molecule has 8 nitrogen and oxygen atoms in total. The molecule has 61 heavy (non-hydrogen) atoms. The first-order valence-electron chi connectivity index (χ1n) is 21.0. The summed E-state index contributed by atoms with van der Waals surface area (Å²) in [4.78, 5) is 4.63. The number of unbranched alkanes of at least 4 members (excludes halogenated alkanes) is 2. The predicted octanol–water partition coefficient (Wildman–Crippen LogP) is 12.2. The quantitative estimate of drug-likeness (QED) is 0.0387. The third-order valence-electron chi connectivity index (χ3n) is 11.3. The van der Waals surface area contributed by atoms with Crippen molar-refractivity contribution in [2.24, 2.45) is 0 Å². The van der Waals surface area contributed by atoms with E-state index in [-0.39, 0.29) is 11.5 Å². The first-order chi connectivity index (χ1) is 29.2. The molecule has 0 unspecified atom stereocenters. The van der Waals surface area contributed by atoms with Gasteiger partial charge in [0.1, 0.15) is 6.54 Å². The maximum Gasteiger partial charge on any atom is 0.264 e. The molecule has 0 bridgehead atoms. The second-order valence-corrected chi connectivity index (χ2v) is 20.0. The first-order valence-corrected chi connectivity index (χ1v) is 25.0. The fraction of sp³-hybridized carbons (Fsp3) is 0.300. The second-order valence-electron chi connectivity index (χ2n) is 15.7. The van der Waals surface area contributed by atoms with Crippen molar-refractivity contribution >= 4 is 70.6 Å². The Kier molecular flexibility index (Phi) is 15.6. The van der Waals surface area contributed by atoms with Crippen LogP contribution in [0.15, 0.2) is 154 Å². The molecular weight excluding hydrogens is 821 g/mol. The molecule has 0 atom stereocenters. The van der Waals surface area contributed by atoms with E-state index in [1.54, 1.807) is 11.8 Å². The van der Waals surface area contributed by atoms with Crippen molar-refractivity contribution in [1.82, 2.24) is 0 Å². The lowest BCUT2D eigenvalue weighted by atomic mass is 9.93. The van der Waals surface area contributed by atoms with Crippen molar-refractivity contribution in [1.29, 1.82) is 0 Å². The molecule has 5 aromatic rings. The topological polar surface area (TPSA) is 115 Å². The van der Waals surface area contributed by atoms with Crippen LogP contribution in [0.2, 0.25) is 0 Å². The van der Waals surface area contributed by atoms with Crippen molar-refractivity contribution < 1.29 is 30.5 Å².